The van der Waals surface area contributed by atoms with Crippen molar-refractivity contribution in [3.05, 3.63) is 59.7 Å². The smallest absolute Gasteiger partial charge is 0.329 e. The summed E-state index contributed by atoms with van der Waals surface area (Å²) < 4.78 is 58.4. The molecule has 0 aliphatic heterocycles. The van der Waals surface area contributed by atoms with Crippen LogP contribution >= 0.6 is 0 Å². The lowest BCUT2D eigenvalue weighted by Crippen LogP contribution is -2.46. The number of rotatable bonds is 11. The van der Waals surface area contributed by atoms with Gasteiger partial charge in [-0.2, -0.15) is 4.31 Å². The highest BCUT2D eigenvalue weighted by Crippen LogP contribution is 2.18. The third-order valence-corrected chi connectivity index (χ3v) is 7.24. The Balaban J connectivity index is 2.07. The van der Waals surface area contributed by atoms with Crippen molar-refractivity contribution in [3.8, 4) is 0 Å². The lowest BCUT2D eigenvalue weighted by atomic mass is 10.0. The highest BCUT2D eigenvalue weighted by atomic mass is 32.2. The zero-order valence-corrected chi connectivity index (χ0v) is 21.2. The molecule has 1 atom stereocenters. The molecule has 0 heterocycles. The standard InChI is InChI=1S/C24H29F2N3O6S/c1-5-29(6-2)36(33,34)18-9-7-8-16(12-18)23(31)28-22(15(3)4)24(32)35-14-21(30)27-20-11-10-17(25)13-19(20)26/h7-13,15,22H,5-6,14H2,1-4H3,(H,27,30)(H,28,31)/t22-/m0/s1. The highest BCUT2D eigenvalue weighted by Gasteiger charge is 2.28. The molecule has 2 aromatic rings. The number of amides is 2. The minimum atomic E-state index is -3.80. The number of ether oxygens (including phenoxy) is 1. The molecule has 0 spiro atoms. The first-order valence-electron chi connectivity index (χ1n) is 11.2. The maximum Gasteiger partial charge on any atom is 0.329 e. The van der Waals surface area contributed by atoms with Crippen molar-refractivity contribution in [2.45, 2.75) is 38.6 Å². The fourth-order valence-corrected chi connectivity index (χ4v) is 4.74. The molecule has 0 aromatic heterocycles. The van der Waals surface area contributed by atoms with Crippen molar-refractivity contribution in [1.29, 1.82) is 0 Å². The van der Waals surface area contributed by atoms with Gasteiger partial charge in [0.05, 0.1) is 10.6 Å². The summed E-state index contributed by atoms with van der Waals surface area (Å²) in [5, 5.41) is 4.66. The van der Waals surface area contributed by atoms with Gasteiger partial charge in [0, 0.05) is 24.7 Å². The van der Waals surface area contributed by atoms with E-state index in [9.17, 15) is 31.6 Å². The summed E-state index contributed by atoms with van der Waals surface area (Å²) in [6.07, 6.45) is 0. The van der Waals surface area contributed by atoms with Crippen molar-refractivity contribution >= 4 is 33.5 Å². The number of anilines is 1. The average molecular weight is 526 g/mol. The summed E-state index contributed by atoms with van der Waals surface area (Å²) >= 11 is 0. The summed E-state index contributed by atoms with van der Waals surface area (Å²) in [5.41, 5.74) is -0.267. The minimum absolute atomic E-state index is 0.0196. The Kier molecular flexibility index (Phi) is 10.1. The van der Waals surface area contributed by atoms with Crippen molar-refractivity contribution < 1.29 is 36.3 Å². The van der Waals surface area contributed by atoms with Crippen LogP contribution in [-0.4, -0.2) is 56.2 Å². The molecular formula is C24H29F2N3O6S. The van der Waals surface area contributed by atoms with Gasteiger partial charge in [0.2, 0.25) is 10.0 Å². The van der Waals surface area contributed by atoms with Crippen molar-refractivity contribution in [2.24, 2.45) is 5.92 Å². The second-order valence-corrected chi connectivity index (χ2v) is 10.0. The highest BCUT2D eigenvalue weighted by molar-refractivity contribution is 7.89. The van der Waals surface area contributed by atoms with E-state index in [0.29, 0.717) is 6.07 Å². The fourth-order valence-electron chi connectivity index (χ4n) is 3.24. The van der Waals surface area contributed by atoms with Gasteiger partial charge in [-0.05, 0) is 36.2 Å². The van der Waals surface area contributed by atoms with Crippen LogP contribution in [0.4, 0.5) is 14.5 Å². The number of sulfonamides is 1. The van der Waals surface area contributed by atoms with Crippen LogP contribution < -0.4 is 10.6 Å². The number of halogens is 2. The molecular weight excluding hydrogens is 496 g/mol. The van der Waals surface area contributed by atoms with Crippen molar-refractivity contribution in [2.75, 3.05) is 25.0 Å². The molecule has 0 bridgehead atoms. The molecule has 36 heavy (non-hydrogen) atoms. The SMILES string of the molecule is CCN(CC)S(=O)(=O)c1cccc(C(=O)N[C@H](C(=O)OCC(=O)Nc2ccc(F)cc2F)C(C)C)c1. The van der Waals surface area contributed by atoms with Crippen molar-refractivity contribution in [1.82, 2.24) is 9.62 Å². The quantitative estimate of drug-likeness (QED) is 0.435. The maximum absolute atomic E-state index is 13.7. The third-order valence-electron chi connectivity index (χ3n) is 5.20. The van der Waals surface area contributed by atoms with Gasteiger partial charge in [0.15, 0.2) is 6.61 Å². The molecule has 0 aliphatic rings. The summed E-state index contributed by atoms with van der Waals surface area (Å²) in [4.78, 5) is 37.4. The Morgan fingerprint density at radius 1 is 1.03 bits per heavy atom. The first-order valence-corrected chi connectivity index (χ1v) is 12.7. The average Bonchev–Trinajstić information content (AvgIpc) is 2.83. The molecule has 0 aliphatic carbocycles. The number of hydrogen-bond acceptors (Lipinski definition) is 6. The molecule has 0 saturated heterocycles. The molecule has 2 aromatic carbocycles. The van der Waals surface area contributed by atoms with Crippen molar-refractivity contribution in [3.63, 3.8) is 0 Å². The van der Waals surface area contributed by atoms with E-state index in [2.05, 4.69) is 10.6 Å². The largest absolute Gasteiger partial charge is 0.454 e. The van der Waals surface area contributed by atoms with Gasteiger partial charge in [-0.25, -0.2) is 22.0 Å². The van der Waals surface area contributed by atoms with Gasteiger partial charge in [-0.1, -0.05) is 33.8 Å². The Bertz CT molecular complexity index is 1220. The van der Waals surface area contributed by atoms with Gasteiger partial charge < -0.3 is 15.4 Å². The van der Waals surface area contributed by atoms with E-state index < -0.39 is 58.0 Å². The topological polar surface area (TPSA) is 122 Å². The van der Waals surface area contributed by atoms with Gasteiger partial charge >= 0.3 is 5.97 Å². The first-order chi connectivity index (χ1) is 16.9. The molecule has 0 unspecified atom stereocenters. The van der Waals surface area contributed by atoms with Crippen LogP contribution in [0.3, 0.4) is 0 Å². The summed E-state index contributed by atoms with van der Waals surface area (Å²) in [5.74, 6) is -4.74. The monoisotopic (exact) mass is 525 g/mol. The molecule has 0 radical (unpaired) electrons. The Hall–Kier alpha value is -3.38. The molecule has 2 amide bonds. The zero-order chi connectivity index (χ0) is 27.0. The predicted molar refractivity (Wildman–Crippen MR) is 129 cm³/mol. The summed E-state index contributed by atoms with van der Waals surface area (Å²) in [6.45, 7) is 6.44. The number of benzene rings is 2. The summed E-state index contributed by atoms with van der Waals surface area (Å²) in [6, 6.07) is 6.84. The number of carbonyl (C=O) groups excluding carboxylic acids is 3. The van der Waals surface area contributed by atoms with E-state index in [1.54, 1.807) is 27.7 Å². The normalized spacial score (nSPS) is 12.3. The van der Waals surface area contributed by atoms with Gasteiger partial charge in [-0.15, -0.1) is 0 Å². The maximum atomic E-state index is 13.7. The molecule has 0 fully saturated rings. The van der Waals surface area contributed by atoms with Gasteiger partial charge in [0.1, 0.15) is 17.7 Å². The summed E-state index contributed by atoms with van der Waals surface area (Å²) in [7, 11) is -3.80. The Labute approximate surface area is 208 Å². The van der Waals surface area contributed by atoms with Crippen LogP contribution in [0.1, 0.15) is 38.1 Å². The lowest BCUT2D eigenvalue weighted by Gasteiger charge is -2.21. The number of nitrogens with one attached hydrogen (secondary N) is 2. The number of carbonyl (C=O) groups is 3. The van der Waals surface area contributed by atoms with E-state index >= 15 is 0 Å². The molecule has 12 heteroatoms. The van der Waals surface area contributed by atoms with Crippen LogP contribution in [0, 0.1) is 17.6 Å². The zero-order valence-electron chi connectivity index (χ0n) is 20.4. The lowest BCUT2D eigenvalue weighted by molar-refractivity contribution is -0.150. The van der Waals surface area contributed by atoms with Crippen LogP contribution in [0.15, 0.2) is 47.4 Å². The van der Waals surface area contributed by atoms with Gasteiger partial charge in [0.25, 0.3) is 11.8 Å². The second-order valence-electron chi connectivity index (χ2n) is 8.09. The molecule has 196 valence electrons. The van der Waals surface area contributed by atoms with E-state index in [4.69, 9.17) is 4.74 Å². The Morgan fingerprint density at radius 2 is 1.69 bits per heavy atom. The van der Waals surface area contributed by atoms with Crippen LogP contribution in [0.25, 0.3) is 0 Å². The first kappa shape index (κ1) is 28.9. The molecule has 0 saturated carbocycles. The fraction of sp³-hybridized carbons (Fsp3) is 0.375. The molecule has 2 N–H and O–H groups in total. The second kappa shape index (κ2) is 12.5. The number of nitrogens with zero attached hydrogens (tertiary/aromatic N) is 1. The van der Waals surface area contributed by atoms with Crippen LogP contribution in [-0.2, 0) is 24.3 Å². The van der Waals surface area contributed by atoms with Crippen LogP contribution in [0.2, 0.25) is 0 Å². The molecule has 9 nitrogen and oxygen atoms in total. The van der Waals surface area contributed by atoms with E-state index in [-0.39, 0.29) is 29.2 Å². The van der Waals surface area contributed by atoms with Crippen LogP contribution in [0.5, 0.6) is 0 Å². The van der Waals surface area contributed by atoms with E-state index in [1.807, 2.05) is 0 Å². The third kappa shape index (κ3) is 7.31. The van der Waals surface area contributed by atoms with E-state index in [0.717, 1.165) is 12.1 Å². The van der Waals surface area contributed by atoms with E-state index in [1.165, 1.54) is 28.6 Å². The Morgan fingerprint density at radius 3 is 2.28 bits per heavy atom. The number of hydrogen-bond donors (Lipinski definition) is 2. The molecule has 2 rings (SSSR count). The van der Waals surface area contributed by atoms with Gasteiger partial charge in [-0.3, -0.25) is 9.59 Å². The predicted octanol–water partition coefficient (Wildman–Crippen LogP) is 2.93. The minimum Gasteiger partial charge on any atom is -0.454 e. The number of esters is 1.